The summed E-state index contributed by atoms with van der Waals surface area (Å²) < 4.78 is 0. The highest BCUT2D eigenvalue weighted by Crippen LogP contribution is 2.42. The highest BCUT2D eigenvalue weighted by Gasteiger charge is 2.38. The van der Waals surface area contributed by atoms with Crippen LogP contribution < -0.4 is 0 Å². The normalized spacial score (nSPS) is 18.9. The average Bonchev–Trinajstić information content (AvgIpc) is 2.35. The second-order valence-electron chi connectivity index (χ2n) is 6.07. The van der Waals surface area contributed by atoms with Crippen LogP contribution in [-0.4, -0.2) is 28.9 Å². The molecule has 0 bridgehead atoms. The number of carbonyl (C=O) groups is 2. The molecule has 1 aliphatic heterocycles. The van der Waals surface area contributed by atoms with E-state index >= 15 is 0 Å². The van der Waals surface area contributed by atoms with Crippen molar-refractivity contribution in [3.63, 3.8) is 0 Å². The molecule has 102 valence electrons. The first-order chi connectivity index (χ1) is 8.84. The number of hydrogen-bond donors (Lipinski definition) is 1. The Balaban J connectivity index is 2.53. The topological polar surface area (TPSA) is 57.6 Å². The van der Waals surface area contributed by atoms with Crippen molar-refractivity contribution < 1.29 is 14.7 Å². The maximum Gasteiger partial charge on any atom is 0.407 e. The predicted molar refractivity (Wildman–Crippen MR) is 72.5 cm³/mol. The van der Waals surface area contributed by atoms with Crippen molar-refractivity contribution >= 4 is 12.4 Å². The van der Waals surface area contributed by atoms with E-state index in [4.69, 9.17) is 0 Å². The first-order valence-electron chi connectivity index (χ1n) is 6.42. The van der Waals surface area contributed by atoms with E-state index in [1.54, 1.807) is 6.07 Å². The van der Waals surface area contributed by atoms with E-state index in [9.17, 15) is 14.7 Å². The Morgan fingerprint density at radius 3 is 2.63 bits per heavy atom. The molecular formula is C15H19NO3. The molecular weight excluding hydrogens is 242 g/mol. The monoisotopic (exact) mass is 261 g/mol. The molecule has 0 radical (unpaired) electrons. The lowest BCUT2D eigenvalue weighted by Crippen LogP contribution is -2.44. The molecule has 0 spiro atoms. The van der Waals surface area contributed by atoms with Crippen LogP contribution in [0.2, 0.25) is 0 Å². The summed E-state index contributed by atoms with van der Waals surface area (Å²) in [6, 6.07) is 5.36. The van der Waals surface area contributed by atoms with Gasteiger partial charge < -0.3 is 10.0 Å². The first-order valence-corrected chi connectivity index (χ1v) is 6.42. The number of benzene rings is 1. The Hall–Kier alpha value is -1.84. The smallest absolute Gasteiger partial charge is 0.407 e. The highest BCUT2D eigenvalue weighted by molar-refractivity contribution is 5.75. The van der Waals surface area contributed by atoms with Gasteiger partial charge in [-0.25, -0.2) is 4.79 Å². The fourth-order valence-electron chi connectivity index (χ4n) is 2.86. The maximum atomic E-state index is 11.4. The SMILES string of the molecule is CC(C)(C)C1c2ccc(C=O)cc2CCN1C(=O)O. The lowest BCUT2D eigenvalue weighted by atomic mass is 9.77. The van der Waals surface area contributed by atoms with E-state index in [-0.39, 0.29) is 11.5 Å². The van der Waals surface area contributed by atoms with Gasteiger partial charge >= 0.3 is 6.09 Å². The van der Waals surface area contributed by atoms with Crippen LogP contribution in [0.25, 0.3) is 0 Å². The van der Waals surface area contributed by atoms with Gasteiger partial charge in [-0.2, -0.15) is 0 Å². The molecule has 0 saturated heterocycles. The predicted octanol–water partition coefficient (Wildman–Crippen LogP) is 3.12. The summed E-state index contributed by atoms with van der Waals surface area (Å²) in [5.74, 6) is 0. The van der Waals surface area contributed by atoms with Gasteiger partial charge in [-0.1, -0.05) is 32.9 Å². The second kappa shape index (κ2) is 4.68. The number of fused-ring (bicyclic) bond motifs is 1. The van der Waals surface area contributed by atoms with Crippen molar-refractivity contribution in [2.45, 2.75) is 33.2 Å². The number of aldehydes is 1. The van der Waals surface area contributed by atoms with Crippen LogP contribution in [0.5, 0.6) is 0 Å². The molecule has 1 atom stereocenters. The number of amides is 1. The minimum absolute atomic E-state index is 0.172. The van der Waals surface area contributed by atoms with Gasteiger partial charge in [0.25, 0.3) is 0 Å². The fourth-order valence-corrected chi connectivity index (χ4v) is 2.86. The molecule has 0 fully saturated rings. The number of hydrogen-bond acceptors (Lipinski definition) is 2. The first kappa shape index (κ1) is 13.6. The Bertz CT molecular complexity index is 517. The van der Waals surface area contributed by atoms with Crippen molar-refractivity contribution in [3.8, 4) is 0 Å². The maximum absolute atomic E-state index is 11.4. The van der Waals surface area contributed by atoms with E-state index in [1.165, 1.54) is 4.90 Å². The summed E-state index contributed by atoms with van der Waals surface area (Å²) >= 11 is 0. The number of carbonyl (C=O) groups excluding carboxylic acids is 1. The molecule has 1 unspecified atom stereocenters. The van der Waals surface area contributed by atoms with Crippen LogP contribution in [0.15, 0.2) is 18.2 Å². The molecule has 4 nitrogen and oxygen atoms in total. The van der Waals surface area contributed by atoms with E-state index in [2.05, 4.69) is 0 Å². The molecule has 1 heterocycles. The summed E-state index contributed by atoms with van der Waals surface area (Å²) in [6.45, 7) is 6.59. The Labute approximate surface area is 113 Å². The van der Waals surface area contributed by atoms with Crippen molar-refractivity contribution in [1.82, 2.24) is 4.90 Å². The van der Waals surface area contributed by atoms with Gasteiger partial charge in [0, 0.05) is 12.1 Å². The van der Waals surface area contributed by atoms with Crippen molar-refractivity contribution in [3.05, 3.63) is 34.9 Å². The standard InChI is InChI=1S/C15H19NO3/c1-15(2,3)13-12-5-4-10(9-17)8-11(12)6-7-16(13)14(18)19/h4-5,8-9,13H,6-7H2,1-3H3,(H,18,19). The Morgan fingerprint density at radius 2 is 2.11 bits per heavy atom. The number of carboxylic acid groups (broad SMARTS) is 1. The zero-order valence-corrected chi connectivity index (χ0v) is 11.5. The summed E-state index contributed by atoms with van der Waals surface area (Å²) in [5, 5.41) is 9.37. The van der Waals surface area contributed by atoms with Gasteiger partial charge in [0.2, 0.25) is 0 Å². The van der Waals surface area contributed by atoms with Crippen LogP contribution in [0, 0.1) is 5.41 Å². The van der Waals surface area contributed by atoms with Crippen molar-refractivity contribution in [2.75, 3.05) is 6.54 Å². The zero-order chi connectivity index (χ0) is 14.2. The molecule has 0 saturated carbocycles. The van der Waals surface area contributed by atoms with Crippen molar-refractivity contribution in [2.24, 2.45) is 5.41 Å². The largest absolute Gasteiger partial charge is 0.465 e. The molecule has 1 aromatic rings. The molecule has 1 aliphatic rings. The van der Waals surface area contributed by atoms with Gasteiger partial charge in [0.15, 0.2) is 0 Å². The van der Waals surface area contributed by atoms with Crippen LogP contribution in [0.3, 0.4) is 0 Å². The van der Waals surface area contributed by atoms with Crippen LogP contribution in [0.1, 0.15) is 48.3 Å². The van der Waals surface area contributed by atoms with E-state index in [0.29, 0.717) is 18.5 Å². The van der Waals surface area contributed by atoms with Crippen molar-refractivity contribution in [1.29, 1.82) is 0 Å². The third kappa shape index (κ3) is 2.48. The number of rotatable bonds is 1. The number of nitrogens with zero attached hydrogens (tertiary/aromatic N) is 1. The fraction of sp³-hybridized carbons (Fsp3) is 0.467. The molecule has 2 rings (SSSR count). The average molecular weight is 261 g/mol. The Kier molecular flexibility index (Phi) is 3.35. The second-order valence-corrected chi connectivity index (χ2v) is 6.07. The van der Waals surface area contributed by atoms with E-state index < -0.39 is 6.09 Å². The van der Waals surface area contributed by atoms with Crippen LogP contribution in [-0.2, 0) is 6.42 Å². The molecule has 1 amide bonds. The lowest BCUT2D eigenvalue weighted by molar-refractivity contribution is 0.0758. The van der Waals surface area contributed by atoms with Gasteiger partial charge in [-0.3, -0.25) is 4.79 Å². The molecule has 1 aromatic carbocycles. The molecule has 0 aliphatic carbocycles. The van der Waals surface area contributed by atoms with Gasteiger partial charge in [-0.05, 0) is 29.0 Å². The van der Waals surface area contributed by atoms with Gasteiger partial charge in [0.05, 0.1) is 6.04 Å². The minimum Gasteiger partial charge on any atom is -0.465 e. The zero-order valence-electron chi connectivity index (χ0n) is 11.5. The molecule has 19 heavy (non-hydrogen) atoms. The minimum atomic E-state index is -0.884. The Morgan fingerprint density at radius 1 is 1.42 bits per heavy atom. The van der Waals surface area contributed by atoms with E-state index in [1.807, 2.05) is 32.9 Å². The van der Waals surface area contributed by atoms with Crippen LogP contribution >= 0.6 is 0 Å². The summed E-state index contributed by atoms with van der Waals surface area (Å²) in [4.78, 5) is 23.8. The van der Waals surface area contributed by atoms with Gasteiger partial charge in [-0.15, -0.1) is 0 Å². The third-order valence-electron chi connectivity index (χ3n) is 3.60. The van der Waals surface area contributed by atoms with E-state index in [0.717, 1.165) is 17.4 Å². The summed E-state index contributed by atoms with van der Waals surface area (Å²) in [7, 11) is 0. The van der Waals surface area contributed by atoms with Crippen LogP contribution in [0.4, 0.5) is 4.79 Å². The summed E-state index contributed by atoms with van der Waals surface area (Å²) in [6.07, 6.45) is 0.608. The molecule has 4 heteroatoms. The lowest BCUT2D eigenvalue weighted by Gasteiger charge is -2.43. The van der Waals surface area contributed by atoms with Gasteiger partial charge in [0.1, 0.15) is 6.29 Å². The molecule has 1 N–H and O–H groups in total. The third-order valence-corrected chi connectivity index (χ3v) is 3.60. The quantitative estimate of drug-likeness (QED) is 0.790. The highest BCUT2D eigenvalue weighted by atomic mass is 16.4. The molecule has 0 aromatic heterocycles. The summed E-state index contributed by atoms with van der Waals surface area (Å²) in [5.41, 5.74) is 2.57.